The maximum Gasteiger partial charge on any atom is 0.306 e. The van der Waals surface area contributed by atoms with E-state index in [-0.39, 0.29) is 31.1 Å². The van der Waals surface area contributed by atoms with Gasteiger partial charge < -0.3 is 14.2 Å². The molecule has 0 aromatic carbocycles. The Morgan fingerprint density at radius 3 is 0.797 bits per heavy atom. The molecule has 0 amide bonds. The van der Waals surface area contributed by atoms with E-state index in [0.717, 1.165) is 64.2 Å². The Labute approximate surface area is 430 Å². The SMILES string of the molecule is CCCCCCC/C=C\C/C=C\CCCCCCCCCCCCCC(=O)OCC(COC(=O)CCCCCCCCCCC)OC(=O)CCCCCCCCCCCCCCCCCCCCC. The average Bonchev–Trinajstić information content (AvgIpc) is 3.35. The van der Waals surface area contributed by atoms with Crippen molar-refractivity contribution in [2.75, 3.05) is 13.2 Å². The molecule has 0 rings (SSSR count). The Bertz CT molecular complexity index is 1110. The number of hydrogen-bond acceptors (Lipinski definition) is 6. The molecular formula is C63H118O6. The highest BCUT2D eigenvalue weighted by atomic mass is 16.6. The van der Waals surface area contributed by atoms with Crippen LogP contribution in [0, 0.1) is 0 Å². The van der Waals surface area contributed by atoms with Crippen molar-refractivity contribution < 1.29 is 28.6 Å². The summed E-state index contributed by atoms with van der Waals surface area (Å²) >= 11 is 0. The summed E-state index contributed by atoms with van der Waals surface area (Å²) in [5.74, 6) is -0.847. The minimum atomic E-state index is -0.766. The molecule has 0 aliphatic heterocycles. The second kappa shape index (κ2) is 58.5. The topological polar surface area (TPSA) is 78.9 Å². The van der Waals surface area contributed by atoms with Crippen LogP contribution in [-0.2, 0) is 28.6 Å². The molecule has 0 fully saturated rings. The van der Waals surface area contributed by atoms with E-state index < -0.39 is 6.10 Å². The molecule has 0 bridgehead atoms. The zero-order valence-electron chi connectivity index (χ0n) is 46.6. The number of carbonyl (C=O) groups excluding carboxylic acids is 3. The molecule has 0 aliphatic carbocycles. The molecular weight excluding hydrogens is 853 g/mol. The molecule has 69 heavy (non-hydrogen) atoms. The lowest BCUT2D eigenvalue weighted by atomic mass is 10.0. The minimum Gasteiger partial charge on any atom is -0.462 e. The summed E-state index contributed by atoms with van der Waals surface area (Å²) < 4.78 is 16.9. The fraction of sp³-hybridized carbons (Fsp3) is 0.889. The first-order valence-electron chi connectivity index (χ1n) is 30.8. The first-order chi connectivity index (χ1) is 34.0. The third-order valence-corrected chi connectivity index (χ3v) is 14.0. The summed E-state index contributed by atoms with van der Waals surface area (Å²) in [7, 11) is 0. The van der Waals surface area contributed by atoms with Crippen LogP contribution < -0.4 is 0 Å². The maximum absolute atomic E-state index is 12.9. The molecule has 0 heterocycles. The van der Waals surface area contributed by atoms with Gasteiger partial charge in [-0.1, -0.05) is 295 Å². The van der Waals surface area contributed by atoms with E-state index in [1.54, 1.807) is 0 Å². The van der Waals surface area contributed by atoms with Crippen LogP contribution >= 0.6 is 0 Å². The lowest BCUT2D eigenvalue weighted by Gasteiger charge is -2.18. The highest BCUT2D eigenvalue weighted by Crippen LogP contribution is 2.17. The second-order valence-electron chi connectivity index (χ2n) is 21.0. The van der Waals surface area contributed by atoms with E-state index >= 15 is 0 Å². The highest BCUT2D eigenvalue weighted by Gasteiger charge is 2.19. The number of carbonyl (C=O) groups is 3. The zero-order chi connectivity index (χ0) is 50.0. The predicted molar refractivity (Wildman–Crippen MR) is 298 cm³/mol. The average molecular weight is 972 g/mol. The summed E-state index contributed by atoms with van der Waals surface area (Å²) in [6.45, 7) is 6.67. The fourth-order valence-corrected chi connectivity index (χ4v) is 9.30. The minimum absolute atomic E-state index is 0.0662. The van der Waals surface area contributed by atoms with Crippen LogP contribution in [0.25, 0.3) is 0 Å². The third kappa shape index (κ3) is 56.7. The summed E-state index contributed by atoms with van der Waals surface area (Å²) in [6, 6.07) is 0. The Kier molecular flexibility index (Phi) is 56.7. The summed E-state index contributed by atoms with van der Waals surface area (Å²) in [5.41, 5.74) is 0. The number of ether oxygens (including phenoxy) is 3. The van der Waals surface area contributed by atoms with Crippen LogP contribution in [0.5, 0.6) is 0 Å². The van der Waals surface area contributed by atoms with Gasteiger partial charge in [-0.3, -0.25) is 14.4 Å². The van der Waals surface area contributed by atoms with Gasteiger partial charge in [-0.15, -0.1) is 0 Å². The van der Waals surface area contributed by atoms with E-state index in [2.05, 4.69) is 45.1 Å². The quantitative estimate of drug-likeness (QED) is 0.0261. The Morgan fingerprint density at radius 2 is 0.522 bits per heavy atom. The van der Waals surface area contributed by atoms with Crippen molar-refractivity contribution in [1.29, 1.82) is 0 Å². The standard InChI is InChI=1S/C63H118O6/c1-4-7-10-13-16-19-21-23-25-27-29-30-31-32-34-35-37-39-41-44-47-50-53-56-62(65)68-59-60(58-67-61(64)55-52-49-46-43-18-15-12-9-6-3)69-63(66)57-54-51-48-45-42-40-38-36-33-28-26-24-22-20-17-14-11-8-5-2/h21,23,27,29,60H,4-20,22,24-26,28,30-59H2,1-3H3/b23-21-,29-27-. The van der Waals surface area contributed by atoms with Gasteiger partial charge in [0, 0.05) is 19.3 Å². The van der Waals surface area contributed by atoms with Crippen LogP contribution in [0.15, 0.2) is 24.3 Å². The van der Waals surface area contributed by atoms with Crippen LogP contribution in [0.3, 0.4) is 0 Å². The summed E-state index contributed by atoms with van der Waals surface area (Å²) in [5, 5.41) is 0. The molecule has 0 aromatic heterocycles. The maximum atomic E-state index is 12.9. The smallest absolute Gasteiger partial charge is 0.306 e. The highest BCUT2D eigenvalue weighted by molar-refractivity contribution is 5.71. The Hall–Kier alpha value is -2.11. The van der Waals surface area contributed by atoms with Crippen molar-refractivity contribution >= 4 is 17.9 Å². The molecule has 0 spiro atoms. The lowest BCUT2D eigenvalue weighted by Crippen LogP contribution is -2.30. The van der Waals surface area contributed by atoms with E-state index in [1.807, 2.05) is 0 Å². The van der Waals surface area contributed by atoms with Gasteiger partial charge in [0.1, 0.15) is 13.2 Å². The van der Waals surface area contributed by atoms with Gasteiger partial charge in [-0.05, 0) is 51.4 Å². The van der Waals surface area contributed by atoms with Gasteiger partial charge in [0.15, 0.2) is 6.10 Å². The van der Waals surface area contributed by atoms with Crippen LogP contribution in [0.4, 0.5) is 0 Å². The number of unbranched alkanes of at least 4 members (excludes halogenated alkanes) is 42. The second-order valence-corrected chi connectivity index (χ2v) is 21.0. The molecule has 1 unspecified atom stereocenters. The number of esters is 3. The summed E-state index contributed by atoms with van der Waals surface area (Å²) in [4.78, 5) is 38.1. The van der Waals surface area contributed by atoms with Crippen LogP contribution in [0.1, 0.15) is 342 Å². The number of rotatable bonds is 57. The zero-order valence-corrected chi connectivity index (χ0v) is 46.6. The largest absolute Gasteiger partial charge is 0.462 e. The Balaban J connectivity index is 4.18. The molecule has 0 saturated carbocycles. The van der Waals surface area contributed by atoms with E-state index in [0.29, 0.717) is 19.3 Å². The lowest BCUT2D eigenvalue weighted by molar-refractivity contribution is -0.167. The molecule has 406 valence electrons. The Morgan fingerprint density at radius 1 is 0.290 bits per heavy atom. The van der Waals surface area contributed by atoms with Gasteiger partial charge >= 0.3 is 17.9 Å². The molecule has 6 heteroatoms. The molecule has 0 aromatic rings. The van der Waals surface area contributed by atoms with E-state index in [1.165, 1.54) is 238 Å². The first-order valence-corrected chi connectivity index (χ1v) is 30.8. The molecule has 6 nitrogen and oxygen atoms in total. The van der Waals surface area contributed by atoms with E-state index in [9.17, 15) is 14.4 Å². The van der Waals surface area contributed by atoms with Crippen molar-refractivity contribution in [2.45, 2.75) is 348 Å². The normalized spacial score (nSPS) is 12.1. The molecule has 0 aliphatic rings. The van der Waals surface area contributed by atoms with Gasteiger partial charge in [0.25, 0.3) is 0 Å². The number of hydrogen-bond donors (Lipinski definition) is 0. The molecule has 0 saturated heterocycles. The molecule has 1 atom stereocenters. The van der Waals surface area contributed by atoms with Crippen LogP contribution in [-0.4, -0.2) is 37.2 Å². The third-order valence-electron chi connectivity index (χ3n) is 14.0. The van der Waals surface area contributed by atoms with E-state index in [4.69, 9.17) is 14.2 Å². The van der Waals surface area contributed by atoms with Gasteiger partial charge in [0.2, 0.25) is 0 Å². The first kappa shape index (κ1) is 66.9. The van der Waals surface area contributed by atoms with Crippen molar-refractivity contribution in [3.63, 3.8) is 0 Å². The monoisotopic (exact) mass is 971 g/mol. The van der Waals surface area contributed by atoms with Crippen molar-refractivity contribution in [2.24, 2.45) is 0 Å². The van der Waals surface area contributed by atoms with Crippen molar-refractivity contribution in [1.82, 2.24) is 0 Å². The van der Waals surface area contributed by atoms with Crippen LogP contribution in [0.2, 0.25) is 0 Å². The van der Waals surface area contributed by atoms with Gasteiger partial charge in [0.05, 0.1) is 0 Å². The van der Waals surface area contributed by atoms with Gasteiger partial charge in [-0.2, -0.15) is 0 Å². The summed E-state index contributed by atoms with van der Waals surface area (Å²) in [6.07, 6.45) is 69.0. The molecule has 0 radical (unpaired) electrons. The van der Waals surface area contributed by atoms with Crippen molar-refractivity contribution in [3.8, 4) is 0 Å². The van der Waals surface area contributed by atoms with Gasteiger partial charge in [-0.25, -0.2) is 0 Å². The van der Waals surface area contributed by atoms with Crippen molar-refractivity contribution in [3.05, 3.63) is 24.3 Å². The number of allylic oxidation sites excluding steroid dienone is 4. The molecule has 0 N–H and O–H groups in total. The fourth-order valence-electron chi connectivity index (χ4n) is 9.30. The predicted octanol–water partition coefficient (Wildman–Crippen LogP) is 20.7.